The Hall–Kier alpha value is -2.70. The second-order valence-corrected chi connectivity index (χ2v) is 5.03. The molecule has 0 spiro atoms. The average Bonchev–Trinajstić information content (AvgIpc) is 3.10. The van der Waals surface area contributed by atoms with Crippen molar-refractivity contribution in [1.29, 1.82) is 0 Å². The number of pyridine rings is 1. The Morgan fingerprint density at radius 2 is 2.27 bits per heavy atom. The molecule has 0 bridgehead atoms. The molecule has 1 amide bonds. The molecule has 0 aliphatic rings. The summed E-state index contributed by atoms with van der Waals surface area (Å²) in [5, 5.41) is 2.84. The molecule has 22 heavy (non-hydrogen) atoms. The first kappa shape index (κ1) is 14.2. The van der Waals surface area contributed by atoms with E-state index in [1.807, 2.05) is 10.8 Å². The fraction of sp³-hybridized carbons (Fsp3) is 0.267. The highest BCUT2D eigenvalue weighted by molar-refractivity contribution is 5.94. The zero-order valence-corrected chi connectivity index (χ0v) is 12.2. The van der Waals surface area contributed by atoms with Gasteiger partial charge < -0.3 is 9.88 Å². The van der Waals surface area contributed by atoms with Gasteiger partial charge in [-0.25, -0.2) is 14.4 Å². The van der Waals surface area contributed by atoms with Crippen molar-refractivity contribution in [2.75, 3.05) is 6.54 Å². The minimum atomic E-state index is -0.404. The van der Waals surface area contributed by atoms with Crippen LogP contribution in [0.25, 0.3) is 5.65 Å². The fourth-order valence-corrected chi connectivity index (χ4v) is 2.38. The first-order valence-electron chi connectivity index (χ1n) is 7.03. The third-order valence-corrected chi connectivity index (χ3v) is 3.41. The second kappa shape index (κ2) is 5.97. The van der Waals surface area contributed by atoms with Crippen molar-refractivity contribution < 1.29 is 9.18 Å². The molecule has 0 saturated heterocycles. The van der Waals surface area contributed by atoms with Gasteiger partial charge in [-0.15, -0.1) is 0 Å². The summed E-state index contributed by atoms with van der Waals surface area (Å²) < 4.78 is 16.8. The molecule has 114 valence electrons. The molecule has 1 N–H and O–H groups in total. The highest BCUT2D eigenvalue weighted by Gasteiger charge is 2.16. The first-order valence-corrected chi connectivity index (χ1v) is 7.03. The Morgan fingerprint density at radius 3 is 3.05 bits per heavy atom. The van der Waals surface area contributed by atoms with Gasteiger partial charge in [0.1, 0.15) is 17.2 Å². The van der Waals surface area contributed by atoms with Crippen molar-refractivity contribution in [3.8, 4) is 0 Å². The predicted molar refractivity (Wildman–Crippen MR) is 79.1 cm³/mol. The van der Waals surface area contributed by atoms with Crippen molar-refractivity contribution in [3.05, 3.63) is 54.3 Å². The summed E-state index contributed by atoms with van der Waals surface area (Å²) in [6, 6.07) is 2.88. The fourth-order valence-electron chi connectivity index (χ4n) is 2.38. The number of hydrogen-bond donors (Lipinski definition) is 1. The smallest absolute Gasteiger partial charge is 0.270 e. The number of halogens is 1. The Morgan fingerprint density at radius 1 is 1.41 bits per heavy atom. The predicted octanol–water partition coefficient (Wildman–Crippen LogP) is 1.80. The van der Waals surface area contributed by atoms with Gasteiger partial charge in [0.2, 0.25) is 0 Å². The number of rotatable bonds is 5. The standard InChI is InChI=1S/C15H16FN5O/c1-11-14(21-9-12(16)3-4-13(21)19-11)15(22)18-5-2-7-20-8-6-17-10-20/h3-4,6,8-10H,2,5,7H2,1H3,(H,18,22). The number of nitrogens with zero attached hydrogens (tertiary/aromatic N) is 4. The highest BCUT2D eigenvalue weighted by Crippen LogP contribution is 2.13. The largest absolute Gasteiger partial charge is 0.351 e. The molecule has 0 aromatic carbocycles. The maximum atomic E-state index is 13.4. The van der Waals surface area contributed by atoms with Crippen molar-refractivity contribution in [3.63, 3.8) is 0 Å². The van der Waals surface area contributed by atoms with Crippen LogP contribution in [0.3, 0.4) is 0 Å². The van der Waals surface area contributed by atoms with E-state index in [-0.39, 0.29) is 5.91 Å². The third-order valence-electron chi connectivity index (χ3n) is 3.41. The van der Waals surface area contributed by atoms with Crippen LogP contribution in [-0.2, 0) is 6.54 Å². The van der Waals surface area contributed by atoms with Gasteiger partial charge >= 0.3 is 0 Å². The number of carbonyl (C=O) groups is 1. The number of hydrogen-bond acceptors (Lipinski definition) is 3. The lowest BCUT2D eigenvalue weighted by molar-refractivity contribution is 0.0946. The third kappa shape index (κ3) is 2.83. The van der Waals surface area contributed by atoms with E-state index in [1.54, 1.807) is 25.5 Å². The minimum absolute atomic E-state index is 0.249. The molecule has 3 aromatic rings. The topological polar surface area (TPSA) is 64.2 Å². The summed E-state index contributed by atoms with van der Waals surface area (Å²) in [5.74, 6) is -0.653. The molecular weight excluding hydrogens is 285 g/mol. The SMILES string of the molecule is Cc1nc2ccc(F)cn2c1C(=O)NCCCn1ccnc1. The molecule has 0 atom stereocenters. The number of amides is 1. The van der Waals surface area contributed by atoms with Crippen LogP contribution in [-0.4, -0.2) is 31.4 Å². The first-order chi connectivity index (χ1) is 10.6. The van der Waals surface area contributed by atoms with E-state index in [0.29, 0.717) is 23.6 Å². The number of imidazole rings is 2. The van der Waals surface area contributed by atoms with Crippen LogP contribution in [0, 0.1) is 12.7 Å². The van der Waals surface area contributed by atoms with E-state index in [2.05, 4.69) is 15.3 Å². The lowest BCUT2D eigenvalue weighted by Crippen LogP contribution is -2.27. The van der Waals surface area contributed by atoms with Crippen LogP contribution in [0.2, 0.25) is 0 Å². The molecule has 0 fully saturated rings. The van der Waals surface area contributed by atoms with Gasteiger partial charge in [0.05, 0.1) is 12.0 Å². The van der Waals surface area contributed by atoms with Crippen LogP contribution in [0.1, 0.15) is 22.6 Å². The number of fused-ring (bicyclic) bond motifs is 1. The van der Waals surface area contributed by atoms with Crippen LogP contribution in [0.5, 0.6) is 0 Å². The summed E-state index contributed by atoms with van der Waals surface area (Å²) in [5.41, 5.74) is 1.51. The molecule has 3 heterocycles. The van der Waals surface area contributed by atoms with Gasteiger partial charge in [-0.05, 0) is 25.5 Å². The van der Waals surface area contributed by atoms with Gasteiger partial charge in [0.15, 0.2) is 0 Å². The molecular formula is C15H16FN5O. The minimum Gasteiger partial charge on any atom is -0.351 e. The summed E-state index contributed by atoms with van der Waals surface area (Å²) in [6.07, 6.45) is 7.38. The molecule has 0 aliphatic heterocycles. The Bertz CT molecular complexity index is 794. The maximum Gasteiger partial charge on any atom is 0.270 e. The van der Waals surface area contributed by atoms with E-state index in [0.717, 1.165) is 13.0 Å². The summed E-state index contributed by atoms with van der Waals surface area (Å²) in [4.78, 5) is 20.5. The maximum absolute atomic E-state index is 13.4. The second-order valence-electron chi connectivity index (χ2n) is 5.03. The molecule has 3 rings (SSSR count). The van der Waals surface area contributed by atoms with Gasteiger partial charge in [-0.2, -0.15) is 0 Å². The van der Waals surface area contributed by atoms with E-state index in [9.17, 15) is 9.18 Å². The molecule has 0 radical (unpaired) electrons. The lowest BCUT2D eigenvalue weighted by Gasteiger charge is -2.06. The summed E-state index contributed by atoms with van der Waals surface area (Å²) >= 11 is 0. The van der Waals surface area contributed by atoms with Gasteiger partial charge in [0.25, 0.3) is 5.91 Å². The molecule has 3 aromatic heterocycles. The van der Waals surface area contributed by atoms with Crippen molar-refractivity contribution >= 4 is 11.6 Å². The molecule has 6 nitrogen and oxygen atoms in total. The van der Waals surface area contributed by atoms with E-state index in [4.69, 9.17) is 0 Å². The van der Waals surface area contributed by atoms with E-state index >= 15 is 0 Å². The Labute approximate surface area is 126 Å². The normalized spacial score (nSPS) is 11.0. The van der Waals surface area contributed by atoms with Gasteiger partial charge in [-0.1, -0.05) is 0 Å². The van der Waals surface area contributed by atoms with Crippen LogP contribution in [0.4, 0.5) is 4.39 Å². The molecule has 0 unspecified atom stereocenters. The van der Waals surface area contributed by atoms with Crippen molar-refractivity contribution in [1.82, 2.24) is 24.3 Å². The quantitative estimate of drug-likeness (QED) is 0.731. The van der Waals surface area contributed by atoms with Crippen LogP contribution < -0.4 is 5.32 Å². The molecule has 7 heteroatoms. The van der Waals surface area contributed by atoms with Gasteiger partial charge in [-0.3, -0.25) is 9.20 Å². The monoisotopic (exact) mass is 301 g/mol. The average molecular weight is 301 g/mol. The van der Waals surface area contributed by atoms with Crippen molar-refractivity contribution in [2.24, 2.45) is 0 Å². The number of aromatic nitrogens is 4. The van der Waals surface area contributed by atoms with Gasteiger partial charge in [0, 0.05) is 31.7 Å². The van der Waals surface area contributed by atoms with Crippen molar-refractivity contribution in [2.45, 2.75) is 19.9 Å². The van der Waals surface area contributed by atoms with Crippen LogP contribution >= 0.6 is 0 Å². The highest BCUT2D eigenvalue weighted by atomic mass is 19.1. The number of aryl methyl sites for hydroxylation is 2. The molecule has 0 saturated carbocycles. The lowest BCUT2D eigenvalue weighted by atomic mass is 10.3. The number of carbonyl (C=O) groups excluding carboxylic acids is 1. The van der Waals surface area contributed by atoms with Crippen LogP contribution in [0.15, 0.2) is 37.1 Å². The molecule has 0 aliphatic carbocycles. The Balaban J connectivity index is 1.67. The summed E-state index contributed by atoms with van der Waals surface area (Å²) in [6.45, 7) is 3.05. The van der Waals surface area contributed by atoms with E-state index < -0.39 is 5.82 Å². The zero-order chi connectivity index (χ0) is 15.5. The Kier molecular flexibility index (Phi) is 3.86. The summed E-state index contributed by atoms with van der Waals surface area (Å²) in [7, 11) is 0. The number of nitrogens with one attached hydrogen (secondary N) is 1. The zero-order valence-electron chi connectivity index (χ0n) is 12.2. The van der Waals surface area contributed by atoms with E-state index in [1.165, 1.54) is 16.7 Å².